The average Bonchev–Trinajstić information content (AvgIpc) is 2.92. The molecule has 1 heterocycles. The van der Waals surface area contributed by atoms with Gasteiger partial charge in [0.2, 0.25) is 0 Å². The third-order valence-electron chi connectivity index (χ3n) is 3.73. The Morgan fingerprint density at radius 2 is 1.70 bits per heavy atom. The van der Waals surface area contributed by atoms with E-state index in [1.165, 1.54) is 5.56 Å². The molecule has 0 amide bonds. The molecular formula is C18H19NO. The van der Waals surface area contributed by atoms with Gasteiger partial charge in [0.15, 0.2) is 0 Å². The van der Waals surface area contributed by atoms with Gasteiger partial charge in [-0.3, -0.25) is 0 Å². The monoisotopic (exact) mass is 265 g/mol. The van der Waals surface area contributed by atoms with Crippen LogP contribution in [0.5, 0.6) is 0 Å². The molecule has 0 radical (unpaired) electrons. The summed E-state index contributed by atoms with van der Waals surface area (Å²) in [5.74, 6) is 0. The zero-order chi connectivity index (χ0) is 13.8. The normalized spacial score (nSPS) is 12.7. The number of hydrogen-bond acceptors (Lipinski definition) is 2. The van der Waals surface area contributed by atoms with E-state index in [-0.39, 0.29) is 6.04 Å². The fourth-order valence-corrected chi connectivity index (χ4v) is 2.61. The molecule has 2 nitrogen and oxygen atoms in total. The Bertz CT molecular complexity index is 672. The number of benzene rings is 2. The number of fused-ring (bicyclic) bond motifs is 1. The van der Waals surface area contributed by atoms with Gasteiger partial charge in [0.1, 0.15) is 5.58 Å². The third kappa shape index (κ3) is 2.75. The Kier molecular flexibility index (Phi) is 3.84. The van der Waals surface area contributed by atoms with Gasteiger partial charge in [-0.25, -0.2) is 0 Å². The van der Waals surface area contributed by atoms with Crippen LogP contribution in [0.15, 0.2) is 65.3 Å². The smallest absolute Gasteiger partial charge is 0.134 e. The topological polar surface area (TPSA) is 39.2 Å². The molecule has 1 aromatic heterocycles. The lowest BCUT2D eigenvalue weighted by Gasteiger charge is -2.10. The van der Waals surface area contributed by atoms with E-state index in [4.69, 9.17) is 10.2 Å². The first-order valence-corrected chi connectivity index (χ1v) is 7.10. The van der Waals surface area contributed by atoms with Crippen molar-refractivity contribution in [3.63, 3.8) is 0 Å². The first-order valence-electron chi connectivity index (χ1n) is 7.10. The standard InChI is InChI=1S/C18H19NO/c19-17(11-6-9-14-7-2-1-3-8-14)16-13-20-18-12-5-4-10-15(16)18/h1-5,7-8,10,12-13,17H,6,9,11,19H2. The molecule has 0 fully saturated rings. The molecule has 2 heteroatoms. The third-order valence-corrected chi connectivity index (χ3v) is 3.73. The number of furan rings is 1. The summed E-state index contributed by atoms with van der Waals surface area (Å²) in [6.07, 6.45) is 4.94. The molecule has 3 aromatic rings. The Hall–Kier alpha value is -2.06. The lowest BCUT2D eigenvalue weighted by atomic mass is 9.99. The first kappa shape index (κ1) is 12.9. The highest BCUT2D eigenvalue weighted by atomic mass is 16.3. The minimum Gasteiger partial charge on any atom is -0.464 e. The summed E-state index contributed by atoms with van der Waals surface area (Å²) in [6, 6.07) is 18.7. The lowest BCUT2D eigenvalue weighted by Crippen LogP contribution is -2.09. The van der Waals surface area contributed by atoms with Crippen molar-refractivity contribution in [2.24, 2.45) is 5.73 Å². The van der Waals surface area contributed by atoms with E-state index < -0.39 is 0 Å². The van der Waals surface area contributed by atoms with Crippen molar-refractivity contribution in [3.05, 3.63) is 72.0 Å². The van der Waals surface area contributed by atoms with Crippen LogP contribution in [0.1, 0.15) is 30.0 Å². The van der Waals surface area contributed by atoms with E-state index in [2.05, 4.69) is 30.3 Å². The summed E-state index contributed by atoms with van der Waals surface area (Å²) in [5.41, 5.74) is 9.72. The first-order chi connectivity index (χ1) is 9.84. The highest BCUT2D eigenvalue weighted by Crippen LogP contribution is 2.27. The van der Waals surface area contributed by atoms with Crippen molar-refractivity contribution < 1.29 is 4.42 Å². The second-order valence-corrected chi connectivity index (χ2v) is 5.17. The molecule has 0 aliphatic rings. The molecule has 0 aliphatic heterocycles. The van der Waals surface area contributed by atoms with Crippen molar-refractivity contribution in [2.45, 2.75) is 25.3 Å². The van der Waals surface area contributed by atoms with Gasteiger partial charge >= 0.3 is 0 Å². The molecule has 1 atom stereocenters. The van der Waals surface area contributed by atoms with E-state index in [1.54, 1.807) is 6.26 Å². The largest absolute Gasteiger partial charge is 0.464 e. The minimum atomic E-state index is 0.0439. The average molecular weight is 265 g/mol. The Balaban J connectivity index is 1.63. The minimum absolute atomic E-state index is 0.0439. The van der Waals surface area contributed by atoms with Crippen LogP contribution in [0.3, 0.4) is 0 Å². The van der Waals surface area contributed by atoms with Crippen molar-refractivity contribution in [2.75, 3.05) is 0 Å². The van der Waals surface area contributed by atoms with Crippen LogP contribution in [-0.2, 0) is 6.42 Å². The van der Waals surface area contributed by atoms with Crippen LogP contribution in [0.4, 0.5) is 0 Å². The van der Waals surface area contributed by atoms with Gasteiger partial charge < -0.3 is 10.2 Å². The maximum Gasteiger partial charge on any atom is 0.134 e. The van der Waals surface area contributed by atoms with Crippen LogP contribution in [0.2, 0.25) is 0 Å². The number of rotatable bonds is 5. The molecule has 3 rings (SSSR count). The van der Waals surface area contributed by atoms with Gasteiger partial charge in [0.25, 0.3) is 0 Å². The highest BCUT2D eigenvalue weighted by Gasteiger charge is 2.12. The van der Waals surface area contributed by atoms with Crippen LogP contribution < -0.4 is 5.73 Å². The molecule has 102 valence electrons. The molecule has 2 aromatic carbocycles. The fraction of sp³-hybridized carbons (Fsp3) is 0.222. The Labute approximate surface area is 119 Å². The van der Waals surface area contributed by atoms with Crippen LogP contribution in [0, 0.1) is 0 Å². The summed E-state index contributed by atoms with van der Waals surface area (Å²) >= 11 is 0. The summed E-state index contributed by atoms with van der Waals surface area (Å²) in [4.78, 5) is 0. The maximum atomic E-state index is 6.31. The van der Waals surface area contributed by atoms with Gasteiger partial charge in [-0.15, -0.1) is 0 Å². The predicted molar refractivity (Wildman–Crippen MR) is 82.5 cm³/mol. The zero-order valence-electron chi connectivity index (χ0n) is 11.5. The summed E-state index contributed by atoms with van der Waals surface area (Å²) in [5, 5.41) is 1.14. The molecule has 0 saturated carbocycles. The molecule has 0 spiro atoms. The lowest BCUT2D eigenvalue weighted by molar-refractivity contribution is 0.577. The quantitative estimate of drug-likeness (QED) is 0.740. The van der Waals surface area contributed by atoms with Crippen molar-refractivity contribution in [3.8, 4) is 0 Å². The van der Waals surface area contributed by atoms with Crippen molar-refractivity contribution in [1.82, 2.24) is 0 Å². The second kappa shape index (κ2) is 5.93. The van der Waals surface area contributed by atoms with Crippen molar-refractivity contribution >= 4 is 11.0 Å². The highest BCUT2D eigenvalue weighted by molar-refractivity contribution is 5.81. The van der Waals surface area contributed by atoms with Gasteiger partial charge in [-0.1, -0.05) is 48.5 Å². The van der Waals surface area contributed by atoms with E-state index >= 15 is 0 Å². The molecule has 0 saturated heterocycles. The van der Waals surface area contributed by atoms with E-state index in [0.717, 1.165) is 35.8 Å². The van der Waals surface area contributed by atoms with Gasteiger partial charge in [-0.2, -0.15) is 0 Å². The summed E-state index contributed by atoms with van der Waals surface area (Å²) < 4.78 is 5.55. The fourth-order valence-electron chi connectivity index (χ4n) is 2.61. The van der Waals surface area contributed by atoms with Gasteiger partial charge in [0.05, 0.1) is 6.26 Å². The van der Waals surface area contributed by atoms with Gasteiger partial charge in [0, 0.05) is 17.0 Å². The van der Waals surface area contributed by atoms with E-state index in [9.17, 15) is 0 Å². The van der Waals surface area contributed by atoms with Crippen molar-refractivity contribution in [1.29, 1.82) is 0 Å². The Morgan fingerprint density at radius 3 is 2.55 bits per heavy atom. The van der Waals surface area contributed by atoms with E-state index in [1.807, 2.05) is 24.3 Å². The van der Waals surface area contributed by atoms with Crippen LogP contribution in [-0.4, -0.2) is 0 Å². The number of para-hydroxylation sites is 1. The van der Waals surface area contributed by atoms with E-state index in [0.29, 0.717) is 0 Å². The molecule has 0 aliphatic carbocycles. The second-order valence-electron chi connectivity index (χ2n) is 5.17. The summed E-state index contributed by atoms with van der Waals surface area (Å²) in [6.45, 7) is 0. The van der Waals surface area contributed by atoms with Crippen LogP contribution in [0.25, 0.3) is 11.0 Å². The molecule has 0 bridgehead atoms. The zero-order valence-corrected chi connectivity index (χ0v) is 11.5. The number of aryl methyl sites for hydroxylation is 1. The molecular weight excluding hydrogens is 246 g/mol. The molecule has 2 N–H and O–H groups in total. The number of nitrogens with two attached hydrogens (primary N) is 1. The molecule has 1 unspecified atom stereocenters. The summed E-state index contributed by atoms with van der Waals surface area (Å²) in [7, 11) is 0. The maximum absolute atomic E-state index is 6.31. The number of hydrogen-bond donors (Lipinski definition) is 1. The van der Waals surface area contributed by atoms with Crippen LogP contribution >= 0.6 is 0 Å². The van der Waals surface area contributed by atoms with Gasteiger partial charge in [-0.05, 0) is 30.9 Å². The SMILES string of the molecule is NC(CCCc1ccccc1)c1coc2ccccc12. The predicted octanol–water partition coefficient (Wildman–Crippen LogP) is 4.46. The Morgan fingerprint density at radius 1 is 0.950 bits per heavy atom. The molecule has 20 heavy (non-hydrogen) atoms.